The van der Waals surface area contributed by atoms with E-state index in [1.807, 2.05) is 0 Å². The van der Waals surface area contributed by atoms with E-state index >= 15 is 0 Å². The Morgan fingerprint density at radius 2 is 1.52 bits per heavy atom. The molecule has 0 saturated heterocycles. The summed E-state index contributed by atoms with van der Waals surface area (Å²) in [5.41, 5.74) is 0.614. The highest BCUT2D eigenvalue weighted by molar-refractivity contribution is 5.91. The number of rotatable bonds is 4. The van der Waals surface area contributed by atoms with Gasteiger partial charge in [0, 0.05) is 5.56 Å². The number of hydrogen-bond donors (Lipinski definition) is 5. The second kappa shape index (κ2) is 5.62. The SMILES string of the molecule is O=C(O)c1cc(O)c(O)c(O)c1CCc1ccc(O)cc1. The Balaban J connectivity index is 2.32. The summed E-state index contributed by atoms with van der Waals surface area (Å²) < 4.78 is 0. The third kappa shape index (κ3) is 3.00. The summed E-state index contributed by atoms with van der Waals surface area (Å²) in [6.45, 7) is 0. The molecule has 21 heavy (non-hydrogen) atoms. The first-order chi connectivity index (χ1) is 9.90. The van der Waals surface area contributed by atoms with Gasteiger partial charge in [0.05, 0.1) is 5.56 Å². The van der Waals surface area contributed by atoms with Crippen LogP contribution in [0, 0.1) is 0 Å². The molecule has 0 heterocycles. The zero-order valence-corrected chi connectivity index (χ0v) is 10.9. The quantitative estimate of drug-likeness (QED) is 0.549. The molecule has 2 aromatic rings. The zero-order valence-electron chi connectivity index (χ0n) is 10.9. The molecule has 0 aliphatic rings. The van der Waals surface area contributed by atoms with Crippen molar-refractivity contribution in [3.8, 4) is 23.0 Å². The zero-order chi connectivity index (χ0) is 15.6. The highest BCUT2D eigenvalue weighted by atomic mass is 16.4. The molecule has 0 radical (unpaired) electrons. The van der Waals surface area contributed by atoms with Crippen LogP contribution in [-0.2, 0) is 12.8 Å². The number of phenolic OH excluding ortho intramolecular Hbond substituents is 4. The lowest BCUT2D eigenvalue weighted by Crippen LogP contribution is -2.04. The Morgan fingerprint density at radius 1 is 0.905 bits per heavy atom. The van der Waals surface area contributed by atoms with Crippen LogP contribution in [0.2, 0.25) is 0 Å². The first-order valence-electron chi connectivity index (χ1n) is 6.18. The standard InChI is InChI=1S/C15H14O6/c16-9-4-1-8(2-5-9)3-6-10-11(15(20)21)7-12(17)14(19)13(10)18/h1-2,4-5,7,16-19H,3,6H2,(H,20,21). The number of phenols is 4. The number of carboxylic acid groups (broad SMARTS) is 1. The molecule has 0 atom stereocenters. The van der Waals surface area contributed by atoms with Gasteiger partial charge in [-0.05, 0) is 36.6 Å². The van der Waals surface area contributed by atoms with E-state index in [2.05, 4.69) is 0 Å². The van der Waals surface area contributed by atoms with Crippen LogP contribution in [0.1, 0.15) is 21.5 Å². The first-order valence-corrected chi connectivity index (χ1v) is 6.18. The normalized spacial score (nSPS) is 10.5. The molecule has 0 fully saturated rings. The van der Waals surface area contributed by atoms with Crippen molar-refractivity contribution in [2.24, 2.45) is 0 Å². The van der Waals surface area contributed by atoms with Crippen LogP contribution in [0.4, 0.5) is 0 Å². The number of aromatic hydroxyl groups is 4. The summed E-state index contributed by atoms with van der Waals surface area (Å²) in [6, 6.07) is 7.26. The second-order valence-corrected chi connectivity index (χ2v) is 4.59. The topological polar surface area (TPSA) is 118 Å². The van der Waals surface area contributed by atoms with Crippen LogP contribution in [0.3, 0.4) is 0 Å². The molecule has 0 aliphatic carbocycles. The number of benzene rings is 2. The molecular weight excluding hydrogens is 276 g/mol. The molecule has 2 rings (SSSR count). The third-order valence-electron chi connectivity index (χ3n) is 3.19. The Morgan fingerprint density at radius 3 is 2.10 bits per heavy atom. The predicted molar refractivity (Wildman–Crippen MR) is 73.9 cm³/mol. The number of carboxylic acids is 1. The van der Waals surface area contributed by atoms with E-state index in [-0.39, 0.29) is 23.3 Å². The Bertz CT molecular complexity index is 676. The Hall–Kier alpha value is -2.89. The number of carbonyl (C=O) groups is 1. The fourth-order valence-electron chi connectivity index (χ4n) is 2.06. The van der Waals surface area contributed by atoms with Crippen LogP contribution in [-0.4, -0.2) is 31.5 Å². The fourth-order valence-corrected chi connectivity index (χ4v) is 2.06. The Labute approximate surface area is 120 Å². The lowest BCUT2D eigenvalue weighted by molar-refractivity contribution is 0.0694. The molecule has 110 valence electrons. The molecule has 6 nitrogen and oxygen atoms in total. The minimum Gasteiger partial charge on any atom is -0.508 e. The monoisotopic (exact) mass is 290 g/mol. The molecule has 2 aromatic carbocycles. The van der Waals surface area contributed by atoms with Crippen LogP contribution < -0.4 is 0 Å². The lowest BCUT2D eigenvalue weighted by Gasteiger charge is -2.11. The summed E-state index contributed by atoms with van der Waals surface area (Å²) in [6.07, 6.45) is 0.560. The van der Waals surface area contributed by atoms with Gasteiger partial charge < -0.3 is 25.5 Å². The predicted octanol–water partition coefficient (Wildman–Crippen LogP) is 1.99. The van der Waals surface area contributed by atoms with Crippen LogP contribution in [0.25, 0.3) is 0 Å². The molecule has 5 N–H and O–H groups in total. The van der Waals surface area contributed by atoms with Crippen molar-refractivity contribution in [1.29, 1.82) is 0 Å². The van der Waals surface area contributed by atoms with E-state index in [0.717, 1.165) is 11.6 Å². The minimum atomic E-state index is -1.30. The molecule has 0 amide bonds. The van der Waals surface area contributed by atoms with Gasteiger partial charge in [-0.3, -0.25) is 0 Å². The van der Waals surface area contributed by atoms with E-state index in [1.54, 1.807) is 12.1 Å². The molecule has 0 unspecified atom stereocenters. The fraction of sp³-hybridized carbons (Fsp3) is 0.133. The molecule has 0 spiro atoms. The second-order valence-electron chi connectivity index (χ2n) is 4.59. The third-order valence-corrected chi connectivity index (χ3v) is 3.19. The maximum atomic E-state index is 11.2. The van der Waals surface area contributed by atoms with Gasteiger partial charge in [-0.1, -0.05) is 12.1 Å². The number of aromatic carboxylic acids is 1. The van der Waals surface area contributed by atoms with E-state index in [1.165, 1.54) is 12.1 Å². The van der Waals surface area contributed by atoms with Gasteiger partial charge in [-0.15, -0.1) is 0 Å². The molecule has 0 saturated carbocycles. The highest BCUT2D eigenvalue weighted by Crippen LogP contribution is 2.40. The van der Waals surface area contributed by atoms with Crippen LogP contribution >= 0.6 is 0 Å². The summed E-state index contributed by atoms with van der Waals surface area (Å²) in [7, 11) is 0. The number of aryl methyl sites for hydroxylation is 1. The summed E-state index contributed by atoms with van der Waals surface area (Å²) in [4.78, 5) is 11.2. The average molecular weight is 290 g/mol. The number of hydrogen-bond acceptors (Lipinski definition) is 5. The van der Waals surface area contributed by atoms with E-state index < -0.39 is 23.2 Å². The van der Waals surface area contributed by atoms with Crippen molar-refractivity contribution in [3.63, 3.8) is 0 Å². The first kappa shape index (κ1) is 14.5. The summed E-state index contributed by atoms with van der Waals surface area (Å²) in [5, 5.41) is 47.0. The molecule has 0 aliphatic heterocycles. The van der Waals surface area contributed by atoms with E-state index in [4.69, 9.17) is 5.11 Å². The van der Waals surface area contributed by atoms with Gasteiger partial charge in [0.25, 0.3) is 0 Å². The van der Waals surface area contributed by atoms with Crippen molar-refractivity contribution >= 4 is 5.97 Å². The molecule has 6 heteroatoms. The summed E-state index contributed by atoms with van der Waals surface area (Å²) >= 11 is 0. The van der Waals surface area contributed by atoms with Gasteiger partial charge >= 0.3 is 5.97 Å². The van der Waals surface area contributed by atoms with Crippen LogP contribution in [0.5, 0.6) is 23.0 Å². The largest absolute Gasteiger partial charge is 0.508 e. The average Bonchev–Trinajstić information content (AvgIpc) is 2.45. The van der Waals surface area contributed by atoms with E-state index in [0.29, 0.717) is 6.42 Å². The maximum absolute atomic E-state index is 11.2. The maximum Gasteiger partial charge on any atom is 0.336 e. The van der Waals surface area contributed by atoms with E-state index in [9.17, 15) is 25.2 Å². The van der Waals surface area contributed by atoms with Gasteiger partial charge in [-0.2, -0.15) is 0 Å². The van der Waals surface area contributed by atoms with Crippen molar-refractivity contribution in [3.05, 3.63) is 47.0 Å². The van der Waals surface area contributed by atoms with Crippen molar-refractivity contribution in [1.82, 2.24) is 0 Å². The van der Waals surface area contributed by atoms with Crippen molar-refractivity contribution in [2.45, 2.75) is 12.8 Å². The molecular formula is C15H14O6. The smallest absolute Gasteiger partial charge is 0.336 e. The van der Waals surface area contributed by atoms with Gasteiger partial charge in [-0.25, -0.2) is 4.79 Å². The van der Waals surface area contributed by atoms with Crippen molar-refractivity contribution in [2.75, 3.05) is 0 Å². The summed E-state index contributed by atoms with van der Waals surface area (Å²) in [5.74, 6) is -3.23. The van der Waals surface area contributed by atoms with Crippen molar-refractivity contribution < 1.29 is 30.3 Å². The lowest BCUT2D eigenvalue weighted by atomic mass is 9.98. The molecule has 0 bridgehead atoms. The molecule has 0 aromatic heterocycles. The minimum absolute atomic E-state index is 0.0471. The Kier molecular flexibility index (Phi) is 3.89. The van der Waals surface area contributed by atoms with Gasteiger partial charge in [0.2, 0.25) is 5.75 Å². The van der Waals surface area contributed by atoms with Crippen LogP contribution in [0.15, 0.2) is 30.3 Å². The van der Waals surface area contributed by atoms with Gasteiger partial charge in [0.1, 0.15) is 5.75 Å². The highest BCUT2D eigenvalue weighted by Gasteiger charge is 2.20. The van der Waals surface area contributed by atoms with Gasteiger partial charge in [0.15, 0.2) is 11.5 Å².